The molecule has 0 fully saturated rings. The molecule has 134 valence electrons. The fourth-order valence-electron chi connectivity index (χ4n) is 1.84. The van der Waals surface area contributed by atoms with Gasteiger partial charge >= 0.3 is 6.03 Å². The van der Waals surface area contributed by atoms with Crippen molar-refractivity contribution in [2.45, 2.75) is 27.7 Å². The van der Waals surface area contributed by atoms with Gasteiger partial charge in [0.1, 0.15) is 0 Å². The lowest BCUT2D eigenvalue weighted by Crippen LogP contribution is -2.27. The summed E-state index contributed by atoms with van der Waals surface area (Å²) in [7, 11) is 0. The van der Waals surface area contributed by atoms with E-state index < -0.39 is 0 Å². The molecule has 1 heterocycles. The highest BCUT2D eigenvalue weighted by molar-refractivity contribution is 6.01. The Hall–Kier alpha value is -3.01. The lowest BCUT2D eigenvalue weighted by atomic mass is 10.2. The quantitative estimate of drug-likeness (QED) is 0.454. The summed E-state index contributed by atoms with van der Waals surface area (Å²) < 4.78 is 0. The number of benzene rings is 1. The van der Waals surface area contributed by atoms with Crippen LogP contribution < -0.4 is 10.6 Å². The van der Waals surface area contributed by atoms with Crippen molar-refractivity contribution >= 4 is 22.6 Å². The van der Waals surface area contributed by atoms with E-state index in [1.807, 2.05) is 70.3 Å². The second kappa shape index (κ2) is 13.4. The fourth-order valence-corrected chi connectivity index (χ4v) is 1.84. The maximum absolute atomic E-state index is 12.0. The van der Waals surface area contributed by atoms with E-state index in [4.69, 9.17) is 0 Å². The highest BCUT2D eigenvalue weighted by Crippen LogP contribution is 2.21. The standard InChI is InChI=1S/C16H17N3O.C3H6.C2H6/c1-3-5-7-12(4-2)18-16(20)19-15-9-6-8-14-13(15)10-11-17-14;1-3-2;1-2/h3-11,17H,2H2,1H3,(H2,18,19,20);3H,1H2,2H3;1-2H3/b5-3-,12-7+;;. The largest absolute Gasteiger partial charge is 0.361 e. The van der Waals surface area contributed by atoms with Crippen molar-refractivity contribution in [1.82, 2.24) is 10.3 Å². The number of urea groups is 1. The van der Waals surface area contributed by atoms with Crippen molar-refractivity contribution in [2.75, 3.05) is 5.32 Å². The Balaban J connectivity index is 0.00000104. The number of carbonyl (C=O) groups excluding carboxylic acids is 1. The van der Waals surface area contributed by atoms with Gasteiger partial charge in [0.25, 0.3) is 0 Å². The molecule has 0 saturated heterocycles. The van der Waals surface area contributed by atoms with Crippen LogP contribution in [-0.2, 0) is 0 Å². The molecule has 0 saturated carbocycles. The number of aromatic nitrogens is 1. The van der Waals surface area contributed by atoms with Crippen LogP contribution in [0, 0.1) is 0 Å². The molecule has 3 N–H and O–H groups in total. The second-order valence-electron chi connectivity index (χ2n) is 4.58. The van der Waals surface area contributed by atoms with Crippen molar-refractivity contribution in [3.63, 3.8) is 0 Å². The summed E-state index contributed by atoms with van der Waals surface area (Å²) in [5.41, 5.74) is 2.38. The summed E-state index contributed by atoms with van der Waals surface area (Å²) in [6, 6.07) is 7.33. The highest BCUT2D eigenvalue weighted by atomic mass is 16.2. The third-order valence-corrected chi connectivity index (χ3v) is 2.79. The summed E-state index contributed by atoms with van der Waals surface area (Å²) in [5.74, 6) is 0. The molecule has 2 aromatic rings. The van der Waals surface area contributed by atoms with Gasteiger partial charge in [0.15, 0.2) is 0 Å². The number of allylic oxidation sites excluding steroid dienone is 5. The van der Waals surface area contributed by atoms with Crippen LogP contribution in [0.15, 0.2) is 79.7 Å². The summed E-state index contributed by atoms with van der Waals surface area (Å²) in [5, 5.41) is 6.54. The molecule has 2 rings (SSSR count). The number of fused-ring (bicyclic) bond motifs is 1. The number of aromatic amines is 1. The Morgan fingerprint density at radius 2 is 1.84 bits per heavy atom. The lowest BCUT2D eigenvalue weighted by molar-refractivity contribution is 0.254. The predicted molar refractivity (Wildman–Crippen MR) is 111 cm³/mol. The van der Waals surface area contributed by atoms with Gasteiger partial charge in [0.05, 0.1) is 5.69 Å². The Morgan fingerprint density at radius 3 is 2.44 bits per heavy atom. The number of hydrogen-bond donors (Lipinski definition) is 3. The van der Waals surface area contributed by atoms with Gasteiger partial charge in [-0.3, -0.25) is 0 Å². The number of rotatable bonds is 4. The molecule has 1 aromatic heterocycles. The third-order valence-electron chi connectivity index (χ3n) is 2.79. The van der Waals surface area contributed by atoms with Gasteiger partial charge in [-0.05, 0) is 44.2 Å². The van der Waals surface area contributed by atoms with E-state index in [2.05, 4.69) is 28.8 Å². The molecule has 0 atom stereocenters. The van der Waals surface area contributed by atoms with E-state index in [0.717, 1.165) is 16.6 Å². The first kappa shape index (κ1) is 22.0. The summed E-state index contributed by atoms with van der Waals surface area (Å²) in [4.78, 5) is 15.1. The zero-order valence-corrected chi connectivity index (χ0v) is 15.6. The number of amides is 2. The number of H-pyrrole nitrogens is 1. The van der Waals surface area contributed by atoms with Crippen molar-refractivity contribution in [1.29, 1.82) is 0 Å². The minimum absolute atomic E-state index is 0.297. The van der Waals surface area contributed by atoms with E-state index in [-0.39, 0.29) is 6.03 Å². The Bertz CT molecular complexity index is 724. The molecule has 4 heteroatoms. The Morgan fingerprint density at radius 1 is 1.16 bits per heavy atom. The minimum atomic E-state index is -0.297. The normalized spacial score (nSPS) is 10.2. The summed E-state index contributed by atoms with van der Waals surface area (Å²) in [6.45, 7) is 14.8. The van der Waals surface area contributed by atoms with Crippen LogP contribution in [-0.4, -0.2) is 11.0 Å². The van der Waals surface area contributed by atoms with Crippen molar-refractivity contribution in [2.24, 2.45) is 0 Å². The molecule has 2 amide bonds. The number of hydrogen-bond acceptors (Lipinski definition) is 1. The van der Waals surface area contributed by atoms with E-state index >= 15 is 0 Å². The van der Waals surface area contributed by atoms with Crippen LogP contribution in [0.25, 0.3) is 10.9 Å². The summed E-state index contributed by atoms with van der Waals surface area (Å²) in [6.07, 6.45) is 10.7. The van der Waals surface area contributed by atoms with Gasteiger partial charge in [0.2, 0.25) is 0 Å². The lowest BCUT2D eigenvalue weighted by Gasteiger charge is -2.08. The van der Waals surface area contributed by atoms with Crippen molar-refractivity contribution in [3.05, 3.63) is 79.7 Å². The van der Waals surface area contributed by atoms with E-state index in [0.29, 0.717) is 5.70 Å². The van der Waals surface area contributed by atoms with Crippen LogP contribution in [0.2, 0.25) is 0 Å². The van der Waals surface area contributed by atoms with Gasteiger partial charge in [-0.25, -0.2) is 4.79 Å². The molecule has 0 bridgehead atoms. The molecule has 0 aliphatic heterocycles. The molecule has 4 nitrogen and oxygen atoms in total. The van der Waals surface area contributed by atoms with Crippen LogP contribution in [0.5, 0.6) is 0 Å². The van der Waals surface area contributed by atoms with Crippen LogP contribution >= 0.6 is 0 Å². The molecule has 0 radical (unpaired) electrons. The molecule has 0 aliphatic rings. The molecule has 0 spiro atoms. The Labute approximate surface area is 151 Å². The molecular weight excluding hydrogens is 310 g/mol. The maximum atomic E-state index is 12.0. The van der Waals surface area contributed by atoms with Gasteiger partial charge in [-0.1, -0.05) is 44.7 Å². The average Bonchev–Trinajstić information content (AvgIpc) is 3.11. The van der Waals surface area contributed by atoms with E-state index in [1.54, 1.807) is 18.2 Å². The smallest absolute Gasteiger partial charge is 0.323 e. The van der Waals surface area contributed by atoms with E-state index in [1.165, 1.54) is 0 Å². The predicted octanol–water partition coefficient (Wildman–Crippen LogP) is 6.15. The van der Waals surface area contributed by atoms with Crippen molar-refractivity contribution < 1.29 is 4.79 Å². The molecule has 25 heavy (non-hydrogen) atoms. The highest BCUT2D eigenvalue weighted by Gasteiger charge is 2.06. The number of anilines is 1. The van der Waals surface area contributed by atoms with Gasteiger partial charge in [-0.2, -0.15) is 0 Å². The zero-order valence-electron chi connectivity index (χ0n) is 15.6. The molecule has 1 aromatic carbocycles. The Kier molecular flexibility index (Phi) is 11.8. The molecule has 0 aliphatic carbocycles. The molecule has 0 unspecified atom stereocenters. The topological polar surface area (TPSA) is 56.9 Å². The van der Waals surface area contributed by atoms with Crippen LogP contribution in [0.3, 0.4) is 0 Å². The number of nitrogens with one attached hydrogen (secondary N) is 3. The van der Waals surface area contributed by atoms with Crippen LogP contribution in [0.4, 0.5) is 10.5 Å². The van der Waals surface area contributed by atoms with Gasteiger partial charge in [-0.15, -0.1) is 6.58 Å². The van der Waals surface area contributed by atoms with Crippen LogP contribution in [0.1, 0.15) is 27.7 Å². The first-order valence-corrected chi connectivity index (χ1v) is 8.32. The number of carbonyl (C=O) groups is 1. The fraction of sp³-hybridized carbons (Fsp3) is 0.190. The minimum Gasteiger partial charge on any atom is -0.361 e. The van der Waals surface area contributed by atoms with Gasteiger partial charge < -0.3 is 15.6 Å². The van der Waals surface area contributed by atoms with Crippen molar-refractivity contribution in [3.8, 4) is 0 Å². The molecular formula is C21H29N3O. The first-order chi connectivity index (χ1) is 12.2. The SMILES string of the molecule is C=C/C(=C\C=C/C)NC(=O)Nc1cccc2[nH]ccc12.C=CC.CC. The third kappa shape index (κ3) is 7.88. The van der Waals surface area contributed by atoms with Gasteiger partial charge in [0, 0.05) is 22.8 Å². The zero-order chi connectivity index (χ0) is 19.1. The average molecular weight is 339 g/mol. The first-order valence-electron chi connectivity index (χ1n) is 8.32. The monoisotopic (exact) mass is 339 g/mol. The summed E-state index contributed by atoms with van der Waals surface area (Å²) >= 11 is 0. The van der Waals surface area contributed by atoms with E-state index in [9.17, 15) is 4.79 Å². The maximum Gasteiger partial charge on any atom is 0.323 e. The second-order valence-corrected chi connectivity index (χ2v) is 4.58.